The number of hydrogen-bond donors (Lipinski definition) is 0. The molecular weight excluding hydrogens is 263 g/mol. The summed E-state index contributed by atoms with van der Waals surface area (Å²) in [5.41, 5.74) is 0. The zero-order valence-corrected chi connectivity index (χ0v) is 5.38. The van der Waals surface area contributed by atoms with E-state index in [0.29, 0.717) is 0 Å². The smallest absolute Gasteiger partial charge is 0 e. The maximum Gasteiger partial charge on any atom is 0 e. The first-order chi connectivity index (χ1) is 0. The molecule has 0 bridgehead atoms. The van der Waals surface area contributed by atoms with Crippen molar-refractivity contribution in [2.45, 2.75) is 7.43 Å². The van der Waals surface area contributed by atoms with Crippen LogP contribution in [0, 0.1) is 0 Å². The Kier molecular flexibility index (Phi) is 420. The van der Waals surface area contributed by atoms with Gasteiger partial charge in [0.25, 0.3) is 0 Å². The van der Waals surface area contributed by atoms with Crippen molar-refractivity contribution in [3.05, 3.63) is 0 Å². The Morgan fingerprint density at radius 2 is 1.00 bits per heavy atom. The molecule has 0 nitrogen and oxygen atoms in total. The summed E-state index contributed by atoms with van der Waals surface area (Å²) >= 11 is 0. The van der Waals surface area contributed by atoms with Gasteiger partial charge in [0.1, 0.15) is 0 Å². The topological polar surface area (TPSA) is 0 Å². The summed E-state index contributed by atoms with van der Waals surface area (Å²) in [5, 5.41) is 0. The molecule has 0 fully saturated rings. The summed E-state index contributed by atoms with van der Waals surface area (Å²) in [6.45, 7) is 0. The van der Waals surface area contributed by atoms with Crippen LogP contribution in [-0.2, 0) is 38.1 Å². The third-order valence-electron chi connectivity index (χ3n) is 0. The van der Waals surface area contributed by atoms with Gasteiger partial charge in [0.15, 0.2) is 0 Å². The molecule has 0 rings (SSSR count). The molecular formula is CH4BFeW. The van der Waals surface area contributed by atoms with Crippen LogP contribution in [0.2, 0.25) is 0 Å². The van der Waals surface area contributed by atoms with E-state index in [1.165, 1.54) is 0 Å². The van der Waals surface area contributed by atoms with Gasteiger partial charge in [0, 0.05) is 46.5 Å². The van der Waals surface area contributed by atoms with Gasteiger partial charge < -0.3 is 0 Å². The van der Waals surface area contributed by atoms with E-state index in [1.807, 2.05) is 0 Å². The van der Waals surface area contributed by atoms with E-state index in [4.69, 9.17) is 0 Å². The summed E-state index contributed by atoms with van der Waals surface area (Å²) in [7, 11) is 0. The van der Waals surface area contributed by atoms with Crippen LogP contribution in [0.25, 0.3) is 0 Å². The first kappa shape index (κ1) is 59.4. The van der Waals surface area contributed by atoms with Gasteiger partial charge >= 0.3 is 0 Å². The average Bonchev–Trinajstić information content (AvgIpc) is 0. The first-order valence-corrected chi connectivity index (χ1v) is 0. The fraction of sp³-hybridized carbons (Fsp3) is 1.00. The molecule has 0 aromatic carbocycles. The van der Waals surface area contributed by atoms with E-state index in [0.717, 1.165) is 0 Å². The molecule has 0 heterocycles. The second-order valence-corrected chi connectivity index (χ2v) is 0. The van der Waals surface area contributed by atoms with Crippen LogP contribution in [0.3, 0.4) is 0 Å². The van der Waals surface area contributed by atoms with E-state index in [-0.39, 0.29) is 54.0 Å². The molecule has 0 aliphatic rings. The van der Waals surface area contributed by atoms with Crippen LogP contribution < -0.4 is 0 Å². The molecule has 0 saturated carbocycles. The molecule has 0 unspecified atom stereocenters. The second kappa shape index (κ2) is 28.3. The molecule has 0 N–H and O–H groups in total. The SMILES string of the molecule is C.[B].[Fe].[W]. The van der Waals surface area contributed by atoms with Crippen molar-refractivity contribution in [2.24, 2.45) is 0 Å². The van der Waals surface area contributed by atoms with Gasteiger partial charge in [-0.2, -0.15) is 0 Å². The van der Waals surface area contributed by atoms with Crippen molar-refractivity contribution < 1.29 is 38.1 Å². The molecule has 25 valence electrons. The van der Waals surface area contributed by atoms with Crippen LogP contribution in [0.5, 0.6) is 0 Å². The fourth-order valence-corrected chi connectivity index (χ4v) is 0. The van der Waals surface area contributed by atoms with Gasteiger partial charge in [-0.15, -0.1) is 0 Å². The Morgan fingerprint density at radius 1 is 1.00 bits per heavy atom. The van der Waals surface area contributed by atoms with Gasteiger partial charge in [-0.1, -0.05) is 7.43 Å². The summed E-state index contributed by atoms with van der Waals surface area (Å²) < 4.78 is 0. The summed E-state index contributed by atoms with van der Waals surface area (Å²) in [5.74, 6) is 0. The molecule has 0 aliphatic carbocycles. The minimum Gasteiger partial charge on any atom is -0.0776 e. The Hall–Kier alpha value is 1.27. The van der Waals surface area contributed by atoms with Crippen LogP contribution in [0.15, 0.2) is 0 Å². The van der Waals surface area contributed by atoms with Gasteiger partial charge in [0.2, 0.25) is 0 Å². The van der Waals surface area contributed by atoms with E-state index in [2.05, 4.69) is 0 Å². The van der Waals surface area contributed by atoms with Crippen molar-refractivity contribution in [3.8, 4) is 0 Å². The van der Waals surface area contributed by atoms with Gasteiger partial charge in [-0.05, 0) is 0 Å². The van der Waals surface area contributed by atoms with E-state index in [1.54, 1.807) is 0 Å². The van der Waals surface area contributed by atoms with Crippen molar-refractivity contribution in [3.63, 3.8) is 0 Å². The van der Waals surface area contributed by atoms with E-state index < -0.39 is 0 Å². The second-order valence-electron chi connectivity index (χ2n) is 0. The maximum atomic E-state index is 0. The van der Waals surface area contributed by atoms with Gasteiger partial charge in [-0.25, -0.2) is 0 Å². The normalized spacial score (nSPS) is 0. The van der Waals surface area contributed by atoms with Gasteiger partial charge in [-0.3, -0.25) is 0 Å². The van der Waals surface area contributed by atoms with Crippen LogP contribution in [0.4, 0.5) is 0 Å². The van der Waals surface area contributed by atoms with Crippen molar-refractivity contribution in [2.75, 3.05) is 0 Å². The standard InChI is InChI=1S/CH4.B.Fe.W/h1H4;;;. The predicted octanol–water partition coefficient (Wildman–Crippen LogP) is 0.250. The molecule has 0 amide bonds. The van der Waals surface area contributed by atoms with E-state index in [9.17, 15) is 0 Å². The van der Waals surface area contributed by atoms with Gasteiger partial charge in [0.05, 0.1) is 0 Å². The quantitative estimate of drug-likeness (QED) is 0.552. The van der Waals surface area contributed by atoms with Crippen LogP contribution in [-0.4, -0.2) is 8.41 Å². The number of rotatable bonds is 0. The molecule has 3 heteroatoms. The molecule has 0 saturated heterocycles. The van der Waals surface area contributed by atoms with Crippen molar-refractivity contribution in [1.29, 1.82) is 0 Å². The Labute approximate surface area is 54.0 Å². The fourth-order valence-electron chi connectivity index (χ4n) is 0. The number of hydrogen-bond acceptors (Lipinski definition) is 0. The van der Waals surface area contributed by atoms with Crippen LogP contribution in [0.1, 0.15) is 7.43 Å². The minimum absolute atomic E-state index is 0. The monoisotopic (exact) mass is 267 g/mol. The molecule has 3 radical (unpaired) electrons. The molecule has 0 aromatic rings. The van der Waals surface area contributed by atoms with Crippen molar-refractivity contribution >= 4 is 8.41 Å². The Morgan fingerprint density at radius 3 is 1.00 bits per heavy atom. The average molecular weight is 267 g/mol. The Balaban J connectivity index is 0. The van der Waals surface area contributed by atoms with Crippen molar-refractivity contribution in [1.82, 2.24) is 0 Å². The molecule has 4 heavy (non-hydrogen) atoms. The Bertz CT molecular complexity index is 8.00. The third-order valence-corrected chi connectivity index (χ3v) is 0. The zero-order chi connectivity index (χ0) is 0. The molecule has 0 aromatic heterocycles. The minimum atomic E-state index is 0. The molecule has 0 aliphatic heterocycles. The summed E-state index contributed by atoms with van der Waals surface area (Å²) in [4.78, 5) is 0. The first-order valence-electron chi connectivity index (χ1n) is 0. The zero-order valence-electron chi connectivity index (χ0n) is 1.34. The predicted molar refractivity (Wildman–Crippen MR) is 12.5 cm³/mol. The molecule has 0 spiro atoms. The van der Waals surface area contributed by atoms with Crippen LogP contribution >= 0.6 is 0 Å². The largest absolute Gasteiger partial charge is 0.0776 e. The summed E-state index contributed by atoms with van der Waals surface area (Å²) in [6.07, 6.45) is 0. The van der Waals surface area contributed by atoms with E-state index >= 15 is 0 Å². The maximum absolute atomic E-state index is 0. The summed E-state index contributed by atoms with van der Waals surface area (Å²) in [6, 6.07) is 0. The third kappa shape index (κ3) is 10.4. The molecule has 0 atom stereocenters.